The molecule has 8 heteroatoms. The second kappa shape index (κ2) is 8.15. The molecule has 1 N–H and O–H groups in total. The number of anilines is 2. The molecular weight excluding hydrogens is 444 g/mol. The zero-order valence-electron chi connectivity index (χ0n) is 17.8. The van der Waals surface area contributed by atoms with Crippen LogP contribution in [0.2, 0.25) is 5.02 Å². The Morgan fingerprint density at radius 3 is 2.58 bits per heavy atom. The molecule has 4 atom stereocenters. The summed E-state index contributed by atoms with van der Waals surface area (Å²) in [5, 5.41) is 3.15. The van der Waals surface area contributed by atoms with Gasteiger partial charge in [0.15, 0.2) is 6.61 Å². The maximum Gasteiger partial charge on any atom is 0.338 e. The molecule has 1 aliphatic heterocycles. The van der Waals surface area contributed by atoms with E-state index in [4.69, 9.17) is 16.3 Å². The van der Waals surface area contributed by atoms with E-state index in [1.54, 1.807) is 36.4 Å². The summed E-state index contributed by atoms with van der Waals surface area (Å²) in [4.78, 5) is 52.0. The molecule has 0 aromatic heterocycles. The fraction of sp³-hybridized carbons (Fsp3) is 0.280. The number of esters is 1. The van der Waals surface area contributed by atoms with Gasteiger partial charge in [0.05, 0.1) is 23.1 Å². The van der Waals surface area contributed by atoms with E-state index in [0.29, 0.717) is 16.4 Å². The molecule has 2 bridgehead atoms. The van der Waals surface area contributed by atoms with Gasteiger partial charge in [-0.3, -0.25) is 14.4 Å². The molecule has 2 fully saturated rings. The molecule has 0 spiro atoms. The van der Waals surface area contributed by atoms with E-state index >= 15 is 0 Å². The van der Waals surface area contributed by atoms with E-state index in [1.807, 2.05) is 6.92 Å². The fourth-order valence-corrected chi connectivity index (χ4v) is 5.37. The highest BCUT2D eigenvalue weighted by molar-refractivity contribution is 6.30. The van der Waals surface area contributed by atoms with Gasteiger partial charge in [0.25, 0.3) is 5.91 Å². The highest BCUT2D eigenvalue weighted by atomic mass is 35.5. The summed E-state index contributed by atoms with van der Waals surface area (Å²) in [5.74, 6) is -2.06. The molecule has 5 rings (SSSR count). The Labute approximate surface area is 195 Å². The quantitative estimate of drug-likeness (QED) is 0.412. The Bertz CT molecular complexity index is 1210. The van der Waals surface area contributed by atoms with Crippen molar-refractivity contribution in [1.29, 1.82) is 0 Å². The van der Waals surface area contributed by atoms with Crippen molar-refractivity contribution < 1.29 is 23.9 Å². The number of benzene rings is 2. The van der Waals surface area contributed by atoms with Crippen molar-refractivity contribution in [1.82, 2.24) is 0 Å². The van der Waals surface area contributed by atoms with Crippen LogP contribution in [0.15, 0.2) is 60.2 Å². The van der Waals surface area contributed by atoms with Crippen LogP contribution in [-0.2, 0) is 19.1 Å². The van der Waals surface area contributed by atoms with Crippen LogP contribution in [0.4, 0.5) is 11.4 Å². The largest absolute Gasteiger partial charge is 0.452 e. The summed E-state index contributed by atoms with van der Waals surface area (Å²) in [5.41, 5.74) is 2.20. The number of carbonyl (C=O) groups is 4. The summed E-state index contributed by atoms with van der Waals surface area (Å²) < 4.78 is 5.12. The van der Waals surface area contributed by atoms with Crippen LogP contribution >= 0.6 is 11.6 Å². The highest BCUT2D eigenvalue weighted by Crippen LogP contribution is 2.55. The number of halogens is 1. The van der Waals surface area contributed by atoms with Gasteiger partial charge in [-0.2, -0.15) is 0 Å². The normalized spacial score (nSPS) is 25.2. The van der Waals surface area contributed by atoms with Crippen LogP contribution in [0.1, 0.15) is 23.7 Å². The standard InChI is InChI=1S/C25H21ClN2O5/c1-13-9-15-11-19(13)22-21(15)23(30)28(24(22)31)18-4-2-3-14(10-18)25(32)33-12-20(29)27-17-7-5-16(26)6-8-17/h2-10,15,19,21-22H,11-12H2,1H3,(H,27,29)/t15-,19+,21-,22+/m0/s1. The summed E-state index contributed by atoms with van der Waals surface area (Å²) in [6.45, 7) is 1.53. The Kier molecular flexibility index (Phi) is 5.29. The summed E-state index contributed by atoms with van der Waals surface area (Å²) in [7, 11) is 0. The predicted octanol–water partition coefficient (Wildman–Crippen LogP) is 3.84. The first-order valence-corrected chi connectivity index (χ1v) is 11.1. The lowest BCUT2D eigenvalue weighted by Crippen LogP contribution is -2.33. The van der Waals surface area contributed by atoms with Gasteiger partial charge < -0.3 is 10.1 Å². The minimum Gasteiger partial charge on any atom is -0.452 e. The van der Waals surface area contributed by atoms with Gasteiger partial charge in [-0.05, 0) is 67.6 Å². The van der Waals surface area contributed by atoms with E-state index < -0.39 is 18.5 Å². The van der Waals surface area contributed by atoms with E-state index in [2.05, 4.69) is 11.4 Å². The topological polar surface area (TPSA) is 92.8 Å². The molecule has 1 heterocycles. The molecule has 2 aromatic rings. The fourth-order valence-electron chi connectivity index (χ4n) is 5.25. The minimum absolute atomic E-state index is 0.105. The van der Waals surface area contributed by atoms with Crippen LogP contribution in [0, 0.1) is 23.7 Å². The number of imide groups is 1. The Hall–Kier alpha value is -3.45. The zero-order valence-corrected chi connectivity index (χ0v) is 18.5. The van der Waals surface area contributed by atoms with Crippen molar-refractivity contribution in [3.8, 4) is 0 Å². The monoisotopic (exact) mass is 464 g/mol. The molecule has 0 radical (unpaired) electrons. The molecular formula is C25H21ClN2O5. The third-order valence-corrected chi connectivity index (χ3v) is 6.94. The van der Waals surface area contributed by atoms with Crippen LogP contribution in [-0.4, -0.2) is 30.3 Å². The average molecular weight is 465 g/mol. The van der Waals surface area contributed by atoms with Gasteiger partial charge in [0, 0.05) is 10.7 Å². The second-order valence-corrected chi connectivity index (χ2v) is 9.10. The molecule has 2 aromatic carbocycles. The second-order valence-electron chi connectivity index (χ2n) is 8.66. The molecule has 7 nitrogen and oxygen atoms in total. The van der Waals surface area contributed by atoms with Crippen molar-refractivity contribution in [3.63, 3.8) is 0 Å². The highest BCUT2D eigenvalue weighted by Gasteiger charge is 2.60. The number of hydrogen-bond acceptors (Lipinski definition) is 5. The first-order chi connectivity index (χ1) is 15.8. The van der Waals surface area contributed by atoms with Crippen LogP contribution in [0.25, 0.3) is 0 Å². The average Bonchev–Trinajstić information content (AvgIpc) is 3.44. The third-order valence-electron chi connectivity index (χ3n) is 6.68. The molecule has 1 saturated heterocycles. The number of nitrogens with one attached hydrogen (secondary N) is 1. The van der Waals surface area contributed by atoms with Gasteiger partial charge in [0.2, 0.25) is 11.8 Å². The first-order valence-electron chi connectivity index (χ1n) is 10.7. The molecule has 3 aliphatic rings. The van der Waals surface area contributed by atoms with Crippen molar-refractivity contribution >= 4 is 46.7 Å². The molecule has 0 unspecified atom stereocenters. The smallest absolute Gasteiger partial charge is 0.338 e. The lowest BCUT2D eigenvalue weighted by atomic mass is 9.82. The van der Waals surface area contributed by atoms with Gasteiger partial charge in [-0.25, -0.2) is 9.69 Å². The number of carbonyl (C=O) groups excluding carboxylic acids is 4. The van der Waals surface area contributed by atoms with Crippen LogP contribution in [0.3, 0.4) is 0 Å². The van der Waals surface area contributed by atoms with E-state index in [9.17, 15) is 19.2 Å². The van der Waals surface area contributed by atoms with Crippen molar-refractivity contribution in [2.24, 2.45) is 23.7 Å². The number of allylic oxidation sites excluding steroid dienone is 2. The molecule has 3 amide bonds. The summed E-state index contributed by atoms with van der Waals surface area (Å²) in [6.07, 6.45) is 2.97. The molecule has 168 valence electrons. The molecule has 1 saturated carbocycles. The first kappa shape index (κ1) is 21.4. The number of amides is 3. The lowest BCUT2D eigenvalue weighted by molar-refractivity contribution is -0.123. The Morgan fingerprint density at radius 1 is 1.09 bits per heavy atom. The number of nitrogens with zero attached hydrogens (tertiary/aromatic N) is 1. The SMILES string of the molecule is CC1=C[C@H]2C[C@H]1[C@H]1C(=O)N(c3cccc(C(=O)OCC(=O)Nc4ccc(Cl)cc4)c3)C(=O)[C@H]12. The van der Waals surface area contributed by atoms with Gasteiger partial charge in [-0.15, -0.1) is 0 Å². The number of ether oxygens (including phenoxy) is 1. The van der Waals surface area contributed by atoms with Crippen molar-refractivity contribution in [2.45, 2.75) is 13.3 Å². The Balaban J connectivity index is 1.25. The Morgan fingerprint density at radius 2 is 1.82 bits per heavy atom. The maximum absolute atomic E-state index is 13.1. The molecule has 2 aliphatic carbocycles. The zero-order chi connectivity index (χ0) is 23.3. The number of rotatable bonds is 5. The maximum atomic E-state index is 13.1. The van der Waals surface area contributed by atoms with E-state index in [-0.39, 0.29) is 41.0 Å². The van der Waals surface area contributed by atoms with E-state index in [0.717, 1.165) is 6.42 Å². The predicted molar refractivity (Wildman–Crippen MR) is 122 cm³/mol. The van der Waals surface area contributed by atoms with Gasteiger partial charge in [-0.1, -0.05) is 29.3 Å². The van der Waals surface area contributed by atoms with Crippen molar-refractivity contribution in [2.75, 3.05) is 16.8 Å². The number of hydrogen-bond donors (Lipinski definition) is 1. The summed E-state index contributed by atoms with van der Waals surface area (Å²) in [6, 6.07) is 12.7. The molecule has 33 heavy (non-hydrogen) atoms. The van der Waals surface area contributed by atoms with Crippen LogP contribution in [0.5, 0.6) is 0 Å². The van der Waals surface area contributed by atoms with Gasteiger partial charge in [0.1, 0.15) is 0 Å². The van der Waals surface area contributed by atoms with Crippen molar-refractivity contribution in [3.05, 3.63) is 70.8 Å². The minimum atomic E-state index is -0.722. The van der Waals surface area contributed by atoms with E-state index in [1.165, 1.54) is 22.6 Å². The third kappa shape index (κ3) is 3.72. The van der Waals surface area contributed by atoms with Gasteiger partial charge >= 0.3 is 5.97 Å². The number of fused-ring (bicyclic) bond motifs is 5. The summed E-state index contributed by atoms with van der Waals surface area (Å²) >= 11 is 5.82. The van der Waals surface area contributed by atoms with Crippen LogP contribution < -0.4 is 10.2 Å². The lowest BCUT2D eigenvalue weighted by Gasteiger charge is -2.19.